The highest BCUT2D eigenvalue weighted by atomic mass is 16.3. The number of para-hydroxylation sites is 1. The van der Waals surface area contributed by atoms with Crippen LogP contribution in [0.1, 0.15) is 35.4 Å². The number of benzene rings is 1. The van der Waals surface area contributed by atoms with E-state index in [-0.39, 0.29) is 11.8 Å². The zero-order valence-electron chi connectivity index (χ0n) is 10.5. The smallest absolute Gasteiger partial charge is 0.215 e. The second-order valence-corrected chi connectivity index (χ2v) is 4.92. The molecule has 18 heavy (non-hydrogen) atoms. The number of hydrogen-bond acceptors (Lipinski definition) is 3. The van der Waals surface area contributed by atoms with E-state index in [4.69, 9.17) is 4.42 Å². The molecule has 0 bridgehead atoms. The highest BCUT2D eigenvalue weighted by Gasteiger charge is 2.26. The Hall–Kier alpha value is -1.61. The summed E-state index contributed by atoms with van der Waals surface area (Å²) in [6.45, 7) is 2.89. The molecule has 3 nitrogen and oxygen atoms in total. The molecule has 0 saturated carbocycles. The van der Waals surface area contributed by atoms with Gasteiger partial charge in [-0.3, -0.25) is 4.79 Å². The summed E-state index contributed by atoms with van der Waals surface area (Å²) in [5.41, 5.74) is 1.76. The molecular weight excluding hydrogens is 226 g/mol. The molecule has 1 aromatic carbocycles. The predicted molar refractivity (Wildman–Crippen MR) is 70.9 cm³/mol. The summed E-state index contributed by atoms with van der Waals surface area (Å²) < 4.78 is 5.72. The molecule has 3 heteroatoms. The van der Waals surface area contributed by atoms with Gasteiger partial charge in [-0.2, -0.15) is 0 Å². The van der Waals surface area contributed by atoms with Crippen molar-refractivity contribution in [2.24, 2.45) is 0 Å². The van der Waals surface area contributed by atoms with Crippen molar-refractivity contribution in [3.63, 3.8) is 0 Å². The van der Waals surface area contributed by atoms with Crippen LogP contribution in [0.2, 0.25) is 0 Å². The van der Waals surface area contributed by atoms with E-state index in [0.717, 1.165) is 42.3 Å². The van der Waals surface area contributed by atoms with E-state index in [9.17, 15) is 4.79 Å². The minimum atomic E-state index is -0.0713. The molecule has 1 aliphatic rings. The fraction of sp³-hybridized carbons (Fsp3) is 0.400. The van der Waals surface area contributed by atoms with Gasteiger partial charge in [0.05, 0.1) is 6.04 Å². The summed E-state index contributed by atoms with van der Waals surface area (Å²) >= 11 is 0. The Kier molecular flexibility index (Phi) is 2.92. The fourth-order valence-corrected chi connectivity index (χ4v) is 2.64. The molecule has 1 N–H and O–H groups in total. The van der Waals surface area contributed by atoms with Gasteiger partial charge < -0.3 is 9.73 Å². The number of aryl methyl sites for hydroxylation is 1. The molecule has 2 heterocycles. The molecule has 1 atom stereocenters. The second-order valence-electron chi connectivity index (χ2n) is 4.92. The Balaban J connectivity index is 1.98. The van der Waals surface area contributed by atoms with Crippen LogP contribution in [0, 0.1) is 6.92 Å². The summed E-state index contributed by atoms with van der Waals surface area (Å²) in [6.07, 6.45) is 3.18. The SMILES string of the molecule is Cc1c(C(=O)C2CCCCN2)oc2ccccc12. The number of nitrogens with one attached hydrogen (secondary N) is 1. The van der Waals surface area contributed by atoms with E-state index in [1.54, 1.807) is 0 Å². The number of ketones is 1. The van der Waals surface area contributed by atoms with E-state index in [1.165, 1.54) is 0 Å². The number of furan rings is 1. The van der Waals surface area contributed by atoms with Crippen LogP contribution in [0.15, 0.2) is 28.7 Å². The van der Waals surface area contributed by atoms with Crippen LogP contribution in [-0.2, 0) is 0 Å². The van der Waals surface area contributed by atoms with Crippen LogP contribution in [0.4, 0.5) is 0 Å². The van der Waals surface area contributed by atoms with Crippen molar-refractivity contribution in [2.45, 2.75) is 32.2 Å². The largest absolute Gasteiger partial charge is 0.453 e. The lowest BCUT2D eigenvalue weighted by molar-refractivity contribution is 0.0900. The van der Waals surface area contributed by atoms with Crippen LogP contribution >= 0.6 is 0 Å². The molecule has 2 aromatic rings. The first-order chi connectivity index (χ1) is 8.77. The zero-order valence-corrected chi connectivity index (χ0v) is 10.5. The molecule has 94 valence electrons. The number of fused-ring (bicyclic) bond motifs is 1. The van der Waals surface area contributed by atoms with Crippen molar-refractivity contribution >= 4 is 16.8 Å². The maximum Gasteiger partial charge on any atom is 0.215 e. The highest BCUT2D eigenvalue weighted by molar-refractivity contribution is 6.03. The fourth-order valence-electron chi connectivity index (χ4n) is 2.64. The summed E-state index contributed by atoms with van der Waals surface area (Å²) in [5, 5.41) is 4.32. The van der Waals surface area contributed by atoms with Crippen molar-refractivity contribution in [2.75, 3.05) is 6.54 Å². The number of hydrogen-bond donors (Lipinski definition) is 1. The maximum atomic E-state index is 12.4. The number of carbonyl (C=O) groups is 1. The molecule has 1 fully saturated rings. The third kappa shape index (κ3) is 1.85. The van der Waals surface area contributed by atoms with E-state index >= 15 is 0 Å². The van der Waals surface area contributed by atoms with Gasteiger partial charge in [0.25, 0.3) is 0 Å². The number of piperidine rings is 1. The Morgan fingerprint density at radius 3 is 2.89 bits per heavy atom. The zero-order chi connectivity index (χ0) is 12.5. The van der Waals surface area contributed by atoms with E-state index in [2.05, 4.69) is 5.32 Å². The predicted octanol–water partition coefficient (Wildman–Crippen LogP) is 3.07. The van der Waals surface area contributed by atoms with Gasteiger partial charge in [0, 0.05) is 10.9 Å². The molecule has 1 saturated heterocycles. The minimum absolute atomic E-state index is 0.0713. The van der Waals surface area contributed by atoms with E-state index in [1.807, 2.05) is 31.2 Å². The van der Waals surface area contributed by atoms with Crippen molar-refractivity contribution in [3.05, 3.63) is 35.6 Å². The van der Waals surface area contributed by atoms with Gasteiger partial charge in [0.15, 0.2) is 5.76 Å². The standard InChI is InChI=1S/C15H17NO2/c1-10-11-6-2-3-8-13(11)18-15(10)14(17)12-7-4-5-9-16-12/h2-3,6,8,12,16H,4-5,7,9H2,1H3. The van der Waals surface area contributed by atoms with Crippen LogP contribution in [0.25, 0.3) is 11.0 Å². The van der Waals surface area contributed by atoms with E-state index in [0.29, 0.717) is 5.76 Å². The Morgan fingerprint density at radius 2 is 2.17 bits per heavy atom. The summed E-state index contributed by atoms with van der Waals surface area (Å²) in [5.74, 6) is 0.624. The summed E-state index contributed by atoms with van der Waals surface area (Å²) in [4.78, 5) is 12.4. The van der Waals surface area contributed by atoms with Gasteiger partial charge >= 0.3 is 0 Å². The molecule has 0 amide bonds. The van der Waals surface area contributed by atoms with Gasteiger partial charge in [-0.1, -0.05) is 24.6 Å². The molecule has 1 aliphatic heterocycles. The highest BCUT2D eigenvalue weighted by Crippen LogP contribution is 2.26. The van der Waals surface area contributed by atoms with E-state index < -0.39 is 0 Å². The Bertz CT molecular complexity index is 579. The average molecular weight is 243 g/mol. The third-order valence-corrected chi connectivity index (χ3v) is 3.69. The topological polar surface area (TPSA) is 42.2 Å². The molecular formula is C15H17NO2. The van der Waals surface area contributed by atoms with Gasteiger partial charge in [0.2, 0.25) is 5.78 Å². The first-order valence-electron chi connectivity index (χ1n) is 6.53. The Labute approximate surface area is 106 Å². The maximum absolute atomic E-state index is 12.4. The van der Waals surface area contributed by atoms with Crippen molar-refractivity contribution in [1.82, 2.24) is 5.32 Å². The van der Waals surface area contributed by atoms with Crippen LogP contribution < -0.4 is 5.32 Å². The normalized spacial score (nSPS) is 20.2. The lowest BCUT2D eigenvalue weighted by atomic mass is 9.98. The van der Waals surface area contributed by atoms with Gasteiger partial charge in [-0.15, -0.1) is 0 Å². The minimum Gasteiger partial charge on any atom is -0.453 e. The van der Waals surface area contributed by atoms with Gasteiger partial charge in [0.1, 0.15) is 5.58 Å². The monoisotopic (exact) mass is 243 g/mol. The molecule has 0 aliphatic carbocycles. The van der Waals surface area contributed by atoms with Crippen molar-refractivity contribution in [1.29, 1.82) is 0 Å². The molecule has 3 rings (SSSR count). The molecule has 0 spiro atoms. The van der Waals surface area contributed by atoms with Crippen LogP contribution in [0.3, 0.4) is 0 Å². The molecule has 0 radical (unpaired) electrons. The number of rotatable bonds is 2. The number of Topliss-reactive ketones (excluding diaryl/α,β-unsaturated/α-hetero) is 1. The summed E-state index contributed by atoms with van der Waals surface area (Å²) in [7, 11) is 0. The first kappa shape index (κ1) is 11.5. The van der Waals surface area contributed by atoms with Gasteiger partial charge in [-0.25, -0.2) is 0 Å². The quantitative estimate of drug-likeness (QED) is 0.824. The number of carbonyl (C=O) groups excluding carboxylic acids is 1. The van der Waals surface area contributed by atoms with Crippen molar-refractivity contribution in [3.8, 4) is 0 Å². The molecule has 1 aromatic heterocycles. The van der Waals surface area contributed by atoms with Crippen molar-refractivity contribution < 1.29 is 9.21 Å². The Morgan fingerprint density at radius 1 is 1.33 bits per heavy atom. The lowest BCUT2D eigenvalue weighted by Crippen LogP contribution is -2.40. The lowest BCUT2D eigenvalue weighted by Gasteiger charge is -2.21. The first-order valence-corrected chi connectivity index (χ1v) is 6.53. The van der Waals surface area contributed by atoms with Gasteiger partial charge in [-0.05, 0) is 32.4 Å². The summed E-state index contributed by atoms with van der Waals surface area (Å²) in [6, 6.07) is 7.74. The average Bonchev–Trinajstić information content (AvgIpc) is 2.77. The van der Waals surface area contributed by atoms with Crippen LogP contribution in [-0.4, -0.2) is 18.4 Å². The third-order valence-electron chi connectivity index (χ3n) is 3.69. The molecule has 1 unspecified atom stereocenters. The second kappa shape index (κ2) is 4.58. The van der Waals surface area contributed by atoms with Crippen LogP contribution in [0.5, 0.6) is 0 Å².